The molecule has 0 unspecified atom stereocenters. The molecule has 0 saturated heterocycles. The largest absolute Gasteiger partial charge is 0.362 e. The first-order chi connectivity index (χ1) is 9.10. The van der Waals surface area contributed by atoms with E-state index in [2.05, 4.69) is 9.97 Å². The molecule has 100 valence electrons. The van der Waals surface area contributed by atoms with E-state index >= 15 is 0 Å². The summed E-state index contributed by atoms with van der Waals surface area (Å²) in [6.07, 6.45) is 0. The molecule has 0 aliphatic carbocycles. The molecule has 1 aromatic carbocycles. The lowest BCUT2D eigenvalue weighted by Crippen LogP contribution is -2.24. The maximum atomic E-state index is 13.8. The minimum atomic E-state index is -0.247. The molecular weight excluding hydrogens is 265 g/mol. The summed E-state index contributed by atoms with van der Waals surface area (Å²) in [4.78, 5) is 10.4. The predicted octanol–water partition coefficient (Wildman–Crippen LogP) is 3.60. The summed E-state index contributed by atoms with van der Waals surface area (Å²) in [5.74, 6) is 0.346. The van der Waals surface area contributed by atoms with Gasteiger partial charge in [-0.1, -0.05) is 23.7 Å². The summed E-state index contributed by atoms with van der Waals surface area (Å²) in [6, 6.07) is 8.38. The van der Waals surface area contributed by atoms with E-state index < -0.39 is 0 Å². The zero-order valence-electron chi connectivity index (χ0n) is 10.9. The summed E-state index contributed by atoms with van der Waals surface area (Å²) in [7, 11) is 0. The van der Waals surface area contributed by atoms with Crippen LogP contribution in [0.2, 0.25) is 5.15 Å². The molecule has 0 bridgehead atoms. The van der Waals surface area contributed by atoms with Crippen LogP contribution in [0.25, 0.3) is 0 Å². The molecule has 3 nitrogen and oxygen atoms in total. The van der Waals surface area contributed by atoms with Gasteiger partial charge in [0.2, 0.25) is 0 Å². The Morgan fingerprint density at radius 3 is 2.63 bits per heavy atom. The monoisotopic (exact) mass is 279 g/mol. The highest BCUT2D eigenvalue weighted by Gasteiger charge is 2.12. The maximum Gasteiger partial charge on any atom is 0.149 e. The number of aryl methyl sites for hydroxylation is 1. The van der Waals surface area contributed by atoms with Crippen LogP contribution in [-0.4, -0.2) is 16.5 Å². The highest BCUT2D eigenvalue weighted by molar-refractivity contribution is 6.29. The van der Waals surface area contributed by atoms with Crippen molar-refractivity contribution >= 4 is 17.3 Å². The second-order valence-corrected chi connectivity index (χ2v) is 4.60. The van der Waals surface area contributed by atoms with Gasteiger partial charge in [-0.15, -0.1) is 0 Å². The number of benzene rings is 1. The maximum absolute atomic E-state index is 13.8. The Morgan fingerprint density at radius 2 is 2.00 bits per heavy atom. The number of aromatic nitrogens is 2. The number of rotatable bonds is 4. The van der Waals surface area contributed by atoms with Crippen molar-refractivity contribution in [1.82, 2.24) is 9.97 Å². The molecule has 0 aliphatic rings. The first-order valence-corrected chi connectivity index (χ1v) is 6.47. The van der Waals surface area contributed by atoms with Crippen LogP contribution in [0.4, 0.5) is 10.1 Å². The van der Waals surface area contributed by atoms with Gasteiger partial charge >= 0.3 is 0 Å². The van der Waals surface area contributed by atoms with Crippen molar-refractivity contribution in [2.75, 3.05) is 11.4 Å². The standard InChI is InChI=1S/C14H15ClFN3/c1-3-19(12-7-5-4-6-11(12)16)9-14-17-10(2)8-13(15)18-14/h4-8H,3,9H2,1-2H3. The second-order valence-electron chi connectivity index (χ2n) is 4.21. The van der Waals surface area contributed by atoms with Crippen LogP contribution in [0.15, 0.2) is 30.3 Å². The van der Waals surface area contributed by atoms with Gasteiger partial charge in [-0.3, -0.25) is 0 Å². The minimum absolute atomic E-state index is 0.247. The number of para-hydroxylation sites is 1. The highest BCUT2D eigenvalue weighted by Crippen LogP contribution is 2.20. The normalized spacial score (nSPS) is 10.5. The average molecular weight is 280 g/mol. The third-order valence-electron chi connectivity index (χ3n) is 2.78. The molecule has 0 radical (unpaired) electrons. The lowest BCUT2D eigenvalue weighted by atomic mass is 10.2. The molecule has 0 atom stereocenters. The molecule has 0 amide bonds. The van der Waals surface area contributed by atoms with Crippen molar-refractivity contribution in [2.45, 2.75) is 20.4 Å². The fourth-order valence-corrected chi connectivity index (χ4v) is 2.16. The SMILES string of the molecule is CCN(Cc1nc(C)cc(Cl)n1)c1ccccc1F. The Labute approximate surface area is 117 Å². The molecule has 1 heterocycles. The van der Waals surface area contributed by atoms with Gasteiger partial charge in [0.15, 0.2) is 0 Å². The van der Waals surface area contributed by atoms with Crippen LogP contribution in [-0.2, 0) is 6.54 Å². The summed E-state index contributed by atoms with van der Waals surface area (Å²) in [5, 5.41) is 0.409. The van der Waals surface area contributed by atoms with Crippen molar-refractivity contribution in [2.24, 2.45) is 0 Å². The number of hydrogen-bond acceptors (Lipinski definition) is 3. The molecule has 0 N–H and O–H groups in total. The van der Waals surface area contributed by atoms with Crippen molar-refractivity contribution in [3.8, 4) is 0 Å². The smallest absolute Gasteiger partial charge is 0.149 e. The van der Waals surface area contributed by atoms with Gasteiger partial charge < -0.3 is 4.90 Å². The molecule has 2 aromatic rings. The van der Waals surface area contributed by atoms with E-state index in [1.807, 2.05) is 24.8 Å². The van der Waals surface area contributed by atoms with E-state index in [9.17, 15) is 4.39 Å². The fourth-order valence-electron chi connectivity index (χ4n) is 1.91. The van der Waals surface area contributed by atoms with Gasteiger partial charge in [-0.2, -0.15) is 0 Å². The molecule has 19 heavy (non-hydrogen) atoms. The Hall–Kier alpha value is -1.68. The average Bonchev–Trinajstić information content (AvgIpc) is 2.36. The van der Waals surface area contributed by atoms with Crippen LogP contribution in [0.3, 0.4) is 0 Å². The molecule has 2 rings (SSSR count). The molecule has 1 aromatic heterocycles. The van der Waals surface area contributed by atoms with E-state index in [0.717, 1.165) is 5.69 Å². The van der Waals surface area contributed by atoms with Crippen LogP contribution in [0, 0.1) is 12.7 Å². The van der Waals surface area contributed by atoms with Gasteiger partial charge in [-0.05, 0) is 32.0 Å². The van der Waals surface area contributed by atoms with E-state index in [4.69, 9.17) is 11.6 Å². The Bertz CT molecular complexity index is 554. The Balaban J connectivity index is 2.26. The van der Waals surface area contributed by atoms with Crippen molar-refractivity contribution in [3.05, 3.63) is 52.8 Å². The van der Waals surface area contributed by atoms with E-state index in [1.165, 1.54) is 6.07 Å². The van der Waals surface area contributed by atoms with E-state index in [-0.39, 0.29) is 5.82 Å². The number of halogens is 2. The number of nitrogens with zero attached hydrogens (tertiary/aromatic N) is 3. The molecule has 0 aliphatic heterocycles. The van der Waals surface area contributed by atoms with E-state index in [1.54, 1.807) is 18.2 Å². The second kappa shape index (κ2) is 5.97. The van der Waals surface area contributed by atoms with Gasteiger partial charge in [0, 0.05) is 12.2 Å². The van der Waals surface area contributed by atoms with Crippen molar-refractivity contribution < 1.29 is 4.39 Å². The zero-order chi connectivity index (χ0) is 13.8. The summed E-state index contributed by atoms with van der Waals surface area (Å²) in [5.41, 5.74) is 1.35. The van der Waals surface area contributed by atoms with Crippen molar-refractivity contribution in [1.29, 1.82) is 0 Å². The quantitative estimate of drug-likeness (QED) is 0.801. The Morgan fingerprint density at radius 1 is 1.26 bits per heavy atom. The zero-order valence-corrected chi connectivity index (χ0v) is 11.7. The molecule has 0 fully saturated rings. The third-order valence-corrected chi connectivity index (χ3v) is 2.97. The first-order valence-electron chi connectivity index (χ1n) is 6.09. The predicted molar refractivity (Wildman–Crippen MR) is 74.9 cm³/mol. The van der Waals surface area contributed by atoms with Crippen LogP contribution >= 0.6 is 11.6 Å². The van der Waals surface area contributed by atoms with Gasteiger partial charge in [0.1, 0.15) is 16.8 Å². The lowest BCUT2D eigenvalue weighted by molar-refractivity contribution is 0.615. The molecule has 0 saturated carbocycles. The molecule has 0 spiro atoms. The van der Waals surface area contributed by atoms with Crippen LogP contribution in [0.1, 0.15) is 18.4 Å². The Kier molecular flexibility index (Phi) is 4.32. The summed E-state index contributed by atoms with van der Waals surface area (Å²) >= 11 is 5.91. The number of hydrogen-bond donors (Lipinski definition) is 0. The highest BCUT2D eigenvalue weighted by atomic mass is 35.5. The summed E-state index contributed by atoms with van der Waals surface area (Å²) < 4.78 is 13.8. The minimum Gasteiger partial charge on any atom is -0.362 e. The molecule has 5 heteroatoms. The van der Waals surface area contributed by atoms with Crippen LogP contribution < -0.4 is 4.90 Å². The number of anilines is 1. The summed E-state index contributed by atoms with van der Waals surface area (Å²) in [6.45, 7) is 4.91. The van der Waals surface area contributed by atoms with Gasteiger partial charge in [-0.25, -0.2) is 14.4 Å². The van der Waals surface area contributed by atoms with Gasteiger partial charge in [0.25, 0.3) is 0 Å². The first kappa shape index (κ1) is 13.7. The third kappa shape index (κ3) is 3.41. The fraction of sp³-hybridized carbons (Fsp3) is 0.286. The lowest BCUT2D eigenvalue weighted by Gasteiger charge is -2.22. The van der Waals surface area contributed by atoms with Gasteiger partial charge in [0.05, 0.1) is 12.2 Å². The van der Waals surface area contributed by atoms with E-state index in [0.29, 0.717) is 29.8 Å². The van der Waals surface area contributed by atoms with Crippen molar-refractivity contribution in [3.63, 3.8) is 0 Å². The van der Waals surface area contributed by atoms with Crippen LogP contribution in [0.5, 0.6) is 0 Å². The topological polar surface area (TPSA) is 29.0 Å². The molecular formula is C14H15ClFN3.